The van der Waals surface area contributed by atoms with Crippen molar-refractivity contribution in [3.8, 4) is 0 Å². The zero-order chi connectivity index (χ0) is 13.8. The number of benzene rings is 1. The first-order valence-corrected chi connectivity index (χ1v) is 6.84. The van der Waals surface area contributed by atoms with E-state index in [1.807, 2.05) is 19.1 Å². The van der Waals surface area contributed by atoms with Crippen LogP contribution in [0.25, 0.3) is 0 Å². The number of carbonyl (C=O) groups is 1. The third-order valence-electron chi connectivity index (χ3n) is 2.90. The number of aliphatic carboxylic acids is 1. The first kappa shape index (κ1) is 13.8. The van der Waals surface area contributed by atoms with Gasteiger partial charge in [-0.05, 0) is 24.6 Å². The van der Waals surface area contributed by atoms with E-state index in [-0.39, 0.29) is 6.42 Å². The molecule has 0 bridgehead atoms. The van der Waals surface area contributed by atoms with Crippen LogP contribution >= 0.6 is 15.9 Å². The Morgan fingerprint density at radius 2 is 2.05 bits per heavy atom. The van der Waals surface area contributed by atoms with Crippen molar-refractivity contribution >= 4 is 21.9 Å². The number of nitrogens with one attached hydrogen (secondary N) is 1. The van der Waals surface area contributed by atoms with Crippen LogP contribution in [0.15, 0.2) is 28.7 Å². The van der Waals surface area contributed by atoms with Gasteiger partial charge in [-0.25, -0.2) is 4.98 Å². The molecule has 1 aromatic carbocycles. The minimum atomic E-state index is -0.802. The molecule has 0 atom stereocenters. The number of nitrogens with zero attached hydrogens (tertiary/aromatic N) is 1. The van der Waals surface area contributed by atoms with Crippen LogP contribution in [-0.2, 0) is 17.6 Å². The highest BCUT2D eigenvalue weighted by molar-refractivity contribution is 9.10. The molecule has 0 saturated heterocycles. The first-order chi connectivity index (χ1) is 9.04. The van der Waals surface area contributed by atoms with Crippen LogP contribution in [0.1, 0.15) is 29.2 Å². The highest BCUT2D eigenvalue weighted by atomic mass is 79.9. The fraction of sp³-hybridized carbons (Fsp3) is 0.286. The zero-order valence-corrected chi connectivity index (χ0v) is 12.2. The van der Waals surface area contributed by atoms with Gasteiger partial charge in [-0.3, -0.25) is 4.79 Å². The Bertz CT molecular complexity index is 576. The van der Waals surface area contributed by atoms with Crippen LogP contribution in [0.3, 0.4) is 0 Å². The minimum absolute atomic E-state index is 0.102. The molecule has 19 heavy (non-hydrogen) atoms. The van der Waals surface area contributed by atoms with Crippen molar-refractivity contribution in [2.24, 2.45) is 0 Å². The molecule has 2 aromatic rings. The quantitative estimate of drug-likeness (QED) is 0.889. The maximum Gasteiger partial charge on any atom is 0.303 e. The molecule has 0 unspecified atom stereocenters. The molecule has 100 valence electrons. The van der Waals surface area contributed by atoms with Crippen molar-refractivity contribution in [1.29, 1.82) is 0 Å². The van der Waals surface area contributed by atoms with Gasteiger partial charge in [-0.2, -0.15) is 0 Å². The highest BCUT2D eigenvalue weighted by Gasteiger charge is 2.09. The molecule has 2 N–H and O–H groups in total. The van der Waals surface area contributed by atoms with Crippen molar-refractivity contribution in [3.05, 3.63) is 51.5 Å². The lowest BCUT2D eigenvalue weighted by Gasteiger charge is -1.99. The monoisotopic (exact) mass is 322 g/mol. The van der Waals surface area contributed by atoms with E-state index in [0.29, 0.717) is 6.42 Å². The Labute approximate surface area is 120 Å². The highest BCUT2D eigenvalue weighted by Crippen LogP contribution is 2.15. The van der Waals surface area contributed by atoms with Gasteiger partial charge < -0.3 is 10.1 Å². The number of aromatic nitrogens is 2. The smallest absolute Gasteiger partial charge is 0.303 e. The maximum atomic E-state index is 10.5. The third kappa shape index (κ3) is 3.92. The summed E-state index contributed by atoms with van der Waals surface area (Å²) in [4.78, 5) is 18.2. The van der Waals surface area contributed by atoms with Gasteiger partial charge in [-0.15, -0.1) is 0 Å². The summed E-state index contributed by atoms with van der Waals surface area (Å²) in [5, 5.41) is 8.67. The summed E-state index contributed by atoms with van der Waals surface area (Å²) < 4.78 is 1.05. The standard InChI is InChI=1S/C14H15BrN2O2/c1-9-12(8-10-2-4-11(15)5-3-10)17-13(16-9)6-7-14(18)19/h2-5H,6-8H2,1H3,(H,16,17)(H,18,19). The first-order valence-electron chi connectivity index (χ1n) is 6.05. The molecule has 0 aliphatic rings. The van der Waals surface area contributed by atoms with Gasteiger partial charge in [0.05, 0.1) is 12.1 Å². The molecule has 0 fully saturated rings. The Hall–Kier alpha value is -1.62. The van der Waals surface area contributed by atoms with Crippen molar-refractivity contribution in [3.63, 3.8) is 0 Å². The zero-order valence-electron chi connectivity index (χ0n) is 10.6. The van der Waals surface area contributed by atoms with E-state index in [9.17, 15) is 4.79 Å². The number of hydrogen-bond donors (Lipinski definition) is 2. The second-order valence-corrected chi connectivity index (χ2v) is 5.37. The minimum Gasteiger partial charge on any atom is -0.481 e. The average molecular weight is 323 g/mol. The molecule has 1 aromatic heterocycles. The van der Waals surface area contributed by atoms with Gasteiger partial charge in [-0.1, -0.05) is 28.1 Å². The predicted octanol–water partition coefficient (Wildman–Crippen LogP) is 3.09. The van der Waals surface area contributed by atoms with Crippen molar-refractivity contribution in [2.45, 2.75) is 26.2 Å². The van der Waals surface area contributed by atoms with Gasteiger partial charge in [0.2, 0.25) is 0 Å². The van der Waals surface area contributed by atoms with E-state index in [0.717, 1.165) is 28.1 Å². The SMILES string of the molecule is Cc1[nH]c(CCC(=O)O)nc1Cc1ccc(Br)cc1. The number of H-pyrrole nitrogens is 1. The predicted molar refractivity (Wildman–Crippen MR) is 76.2 cm³/mol. The molecule has 0 aliphatic carbocycles. The summed E-state index contributed by atoms with van der Waals surface area (Å²) in [6.45, 7) is 1.96. The number of aryl methyl sites for hydroxylation is 2. The molecule has 4 nitrogen and oxygen atoms in total. The molecule has 5 heteroatoms. The topological polar surface area (TPSA) is 66.0 Å². The number of hydrogen-bond acceptors (Lipinski definition) is 2. The molecular weight excluding hydrogens is 308 g/mol. The third-order valence-corrected chi connectivity index (χ3v) is 3.42. The lowest BCUT2D eigenvalue weighted by molar-refractivity contribution is -0.137. The average Bonchev–Trinajstić information content (AvgIpc) is 2.71. The number of aromatic amines is 1. The van der Waals surface area contributed by atoms with E-state index < -0.39 is 5.97 Å². The van der Waals surface area contributed by atoms with E-state index in [4.69, 9.17) is 5.11 Å². The largest absolute Gasteiger partial charge is 0.481 e. The second-order valence-electron chi connectivity index (χ2n) is 4.45. The van der Waals surface area contributed by atoms with E-state index in [1.54, 1.807) is 0 Å². The molecule has 0 saturated carbocycles. The Balaban J connectivity index is 2.08. The van der Waals surface area contributed by atoms with Gasteiger partial charge in [0, 0.05) is 23.0 Å². The fourth-order valence-corrected chi connectivity index (χ4v) is 2.14. The molecule has 0 amide bonds. The van der Waals surface area contributed by atoms with Crippen LogP contribution in [0.4, 0.5) is 0 Å². The van der Waals surface area contributed by atoms with Crippen molar-refractivity contribution < 1.29 is 9.90 Å². The molecule has 2 rings (SSSR count). The van der Waals surface area contributed by atoms with E-state index in [1.165, 1.54) is 5.56 Å². The molecule has 0 aliphatic heterocycles. The lowest BCUT2D eigenvalue weighted by atomic mass is 10.1. The maximum absolute atomic E-state index is 10.5. The normalized spacial score (nSPS) is 10.6. The molecule has 1 heterocycles. The summed E-state index contributed by atoms with van der Waals surface area (Å²) in [5.41, 5.74) is 3.16. The van der Waals surface area contributed by atoms with Crippen LogP contribution in [0.5, 0.6) is 0 Å². The fourth-order valence-electron chi connectivity index (χ4n) is 1.87. The Morgan fingerprint density at radius 1 is 1.37 bits per heavy atom. The van der Waals surface area contributed by atoms with Gasteiger partial charge in [0.25, 0.3) is 0 Å². The Kier molecular flexibility index (Phi) is 4.37. The summed E-state index contributed by atoms with van der Waals surface area (Å²) >= 11 is 3.41. The van der Waals surface area contributed by atoms with Crippen LogP contribution in [-0.4, -0.2) is 21.0 Å². The summed E-state index contributed by atoms with van der Waals surface area (Å²) in [5.74, 6) is -0.0597. The van der Waals surface area contributed by atoms with E-state index in [2.05, 4.69) is 38.0 Å². The summed E-state index contributed by atoms with van der Waals surface area (Å²) in [6, 6.07) is 8.11. The number of imidazole rings is 1. The van der Waals surface area contributed by atoms with Crippen molar-refractivity contribution in [2.75, 3.05) is 0 Å². The van der Waals surface area contributed by atoms with E-state index >= 15 is 0 Å². The summed E-state index contributed by atoms with van der Waals surface area (Å²) in [7, 11) is 0. The number of carboxylic acids is 1. The number of halogens is 1. The second kappa shape index (κ2) is 6.02. The molecule has 0 radical (unpaired) electrons. The van der Waals surface area contributed by atoms with Gasteiger partial charge in [0.15, 0.2) is 0 Å². The van der Waals surface area contributed by atoms with Crippen LogP contribution in [0.2, 0.25) is 0 Å². The summed E-state index contributed by atoms with van der Waals surface area (Å²) in [6.07, 6.45) is 1.30. The Morgan fingerprint density at radius 3 is 2.68 bits per heavy atom. The number of rotatable bonds is 5. The molecular formula is C14H15BrN2O2. The van der Waals surface area contributed by atoms with Gasteiger partial charge >= 0.3 is 5.97 Å². The van der Waals surface area contributed by atoms with Crippen LogP contribution < -0.4 is 0 Å². The van der Waals surface area contributed by atoms with Crippen molar-refractivity contribution in [1.82, 2.24) is 9.97 Å². The molecule has 0 spiro atoms. The lowest BCUT2D eigenvalue weighted by Crippen LogP contribution is -1.99. The number of carboxylic acid groups (broad SMARTS) is 1. The van der Waals surface area contributed by atoms with Crippen LogP contribution in [0, 0.1) is 6.92 Å². The van der Waals surface area contributed by atoms with Gasteiger partial charge in [0.1, 0.15) is 5.82 Å².